The topological polar surface area (TPSA) is 97.5 Å². The molecular formula is C7H14NNaO4S. The molecule has 5 nitrogen and oxygen atoms in total. The van der Waals surface area contributed by atoms with Gasteiger partial charge in [0, 0.05) is 0 Å². The summed E-state index contributed by atoms with van der Waals surface area (Å²) in [6, 6.07) is 0. The quantitative estimate of drug-likeness (QED) is 0.385. The van der Waals surface area contributed by atoms with E-state index in [0.29, 0.717) is 0 Å². The molecule has 0 radical (unpaired) electrons. The van der Waals surface area contributed by atoms with Crippen molar-refractivity contribution in [3.8, 4) is 0 Å². The summed E-state index contributed by atoms with van der Waals surface area (Å²) in [6.45, 7) is 5.04. The fourth-order valence-electron chi connectivity index (χ4n) is 0.666. The number of hydrogen-bond donors (Lipinski definition) is 2. The molecule has 7 heteroatoms. The van der Waals surface area contributed by atoms with Crippen LogP contribution in [0.25, 0.3) is 0 Å². The Morgan fingerprint density at radius 2 is 1.71 bits per heavy atom. The molecule has 0 aromatic heterocycles. The summed E-state index contributed by atoms with van der Waals surface area (Å²) in [5.41, 5.74) is 4.24. The normalized spacial score (nSPS) is 13.3. The third kappa shape index (κ3) is 6.56. The number of amides is 1. The molecule has 0 atom stereocenters. The monoisotopic (exact) mass is 231 g/mol. The van der Waals surface area contributed by atoms with Crippen molar-refractivity contribution in [1.82, 2.24) is 0 Å². The Labute approximate surface area is 106 Å². The number of carbonyl (C=O) groups is 1. The minimum atomic E-state index is -4.51. The van der Waals surface area contributed by atoms with Crippen LogP contribution in [-0.4, -0.2) is 48.4 Å². The average Bonchev–Trinajstić information content (AvgIpc) is 1.77. The Kier molecular flexibility index (Phi) is 6.23. The van der Waals surface area contributed by atoms with Gasteiger partial charge in [0.1, 0.15) is 0 Å². The number of nitrogens with two attached hydrogens (primary N) is 1. The zero-order valence-corrected chi connectivity index (χ0v) is 8.55. The van der Waals surface area contributed by atoms with Crippen LogP contribution in [0.1, 0.15) is 20.8 Å². The molecule has 0 saturated heterocycles. The standard InChI is InChI=1S/C7H13NO4S.Na.H/c1-7(2,3)4-5(6(8)9)13(10,11)12;;/h4H,1-3H3,(H2,8,9)(H,10,11,12);;/b5-4+;;. The minimum absolute atomic E-state index is 0. The summed E-state index contributed by atoms with van der Waals surface area (Å²) in [5, 5.41) is 0. The predicted molar refractivity (Wildman–Crippen MR) is 55.4 cm³/mol. The van der Waals surface area contributed by atoms with E-state index in [0.717, 1.165) is 6.08 Å². The number of rotatable bonds is 2. The van der Waals surface area contributed by atoms with Crippen LogP contribution in [-0.2, 0) is 14.9 Å². The maximum absolute atomic E-state index is 10.6. The van der Waals surface area contributed by atoms with Crippen molar-refractivity contribution in [2.24, 2.45) is 11.1 Å². The van der Waals surface area contributed by atoms with Crippen LogP contribution < -0.4 is 5.73 Å². The second-order valence-corrected chi connectivity index (χ2v) is 5.10. The van der Waals surface area contributed by atoms with Gasteiger partial charge in [-0.05, 0) is 5.41 Å². The molecule has 0 aliphatic heterocycles. The van der Waals surface area contributed by atoms with Gasteiger partial charge in [0.05, 0.1) is 0 Å². The third-order valence-corrected chi connectivity index (χ3v) is 1.96. The van der Waals surface area contributed by atoms with Gasteiger partial charge in [-0.15, -0.1) is 0 Å². The Morgan fingerprint density at radius 1 is 1.36 bits per heavy atom. The summed E-state index contributed by atoms with van der Waals surface area (Å²) in [7, 11) is -4.51. The fraction of sp³-hybridized carbons (Fsp3) is 0.571. The van der Waals surface area contributed by atoms with E-state index >= 15 is 0 Å². The Morgan fingerprint density at radius 3 is 1.79 bits per heavy atom. The Balaban J connectivity index is 0. The number of carbonyl (C=O) groups excluding carboxylic acids is 1. The van der Waals surface area contributed by atoms with Crippen molar-refractivity contribution in [3.63, 3.8) is 0 Å². The third-order valence-electron chi connectivity index (χ3n) is 1.08. The van der Waals surface area contributed by atoms with Gasteiger partial charge in [-0.1, -0.05) is 26.8 Å². The van der Waals surface area contributed by atoms with Gasteiger partial charge >= 0.3 is 29.6 Å². The van der Waals surface area contributed by atoms with Gasteiger partial charge in [0.15, 0.2) is 4.91 Å². The van der Waals surface area contributed by atoms with E-state index in [9.17, 15) is 13.2 Å². The van der Waals surface area contributed by atoms with Crippen molar-refractivity contribution < 1.29 is 17.8 Å². The van der Waals surface area contributed by atoms with E-state index in [-0.39, 0.29) is 29.6 Å². The first-order valence-electron chi connectivity index (χ1n) is 3.54. The summed E-state index contributed by atoms with van der Waals surface area (Å²) in [4.78, 5) is 9.87. The van der Waals surface area contributed by atoms with Crippen molar-refractivity contribution in [2.45, 2.75) is 20.8 Å². The first kappa shape index (κ1) is 16.5. The molecular weight excluding hydrogens is 217 g/mol. The van der Waals surface area contributed by atoms with Crippen LogP contribution in [0.2, 0.25) is 0 Å². The first-order valence-corrected chi connectivity index (χ1v) is 4.98. The van der Waals surface area contributed by atoms with Crippen molar-refractivity contribution in [2.75, 3.05) is 0 Å². The first-order chi connectivity index (χ1) is 5.54. The SMILES string of the molecule is CC(C)(C)/C=C(\C(N)=O)S(=O)(=O)O.[NaH]. The average molecular weight is 231 g/mol. The van der Waals surface area contributed by atoms with Gasteiger partial charge in [-0.3, -0.25) is 9.35 Å². The summed E-state index contributed by atoms with van der Waals surface area (Å²) < 4.78 is 29.9. The molecule has 14 heavy (non-hydrogen) atoms. The molecule has 0 saturated carbocycles. The maximum atomic E-state index is 10.6. The van der Waals surface area contributed by atoms with Crippen LogP contribution in [0.3, 0.4) is 0 Å². The van der Waals surface area contributed by atoms with Crippen LogP contribution in [0.4, 0.5) is 0 Å². The number of hydrogen-bond acceptors (Lipinski definition) is 3. The van der Waals surface area contributed by atoms with Gasteiger partial charge in [0.25, 0.3) is 16.0 Å². The van der Waals surface area contributed by atoms with E-state index < -0.39 is 26.3 Å². The molecule has 0 spiro atoms. The fourth-order valence-corrected chi connectivity index (χ4v) is 1.42. The zero-order chi connectivity index (χ0) is 10.9. The van der Waals surface area contributed by atoms with Gasteiger partial charge in [-0.25, -0.2) is 0 Å². The van der Waals surface area contributed by atoms with Gasteiger partial charge in [0.2, 0.25) is 0 Å². The molecule has 3 N–H and O–H groups in total. The molecule has 0 heterocycles. The van der Waals surface area contributed by atoms with Crippen LogP contribution in [0.15, 0.2) is 11.0 Å². The number of allylic oxidation sites excluding steroid dienone is 1. The van der Waals surface area contributed by atoms with Crippen molar-refractivity contribution in [1.29, 1.82) is 0 Å². The summed E-state index contributed by atoms with van der Waals surface area (Å²) >= 11 is 0. The molecule has 0 aliphatic rings. The van der Waals surface area contributed by atoms with Crippen molar-refractivity contribution >= 4 is 45.6 Å². The zero-order valence-electron chi connectivity index (χ0n) is 7.73. The molecule has 0 fully saturated rings. The van der Waals surface area contributed by atoms with E-state index in [1.54, 1.807) is 20.8 Å². The molecule has 1 amide bonds. The molecule has 0 bridgehead atoms. The molecule has 0 aromatic carbocycles. The second kappa shape index (κ2) is 5.27. The Hall–Kier alpha value is 0.120. The molecule has 0 aliphatic carbocycles. The van der Waals surface area contributed by atoms with Gasteiger partial charge < -0.3 is 5.73 Å². The molecule has 78 valence electrons. The van der Waals surface area contributed by atoms with Crippen LogP contribution in [0.5, 0.6) is 0 Å². The molecule has 0 aromatic rings. The van der Waals surface area contributed by atoms with Gasteiger partial charge in [-0.2, -0.15) is 8.42 Å². The second-order valence-electron chi connectivity index (χ2n) is 3.71. The summed E-state index contributed by atoms with van der Waals surface area (Å²) in [6.07, 6.45) is 1.12. The predicted octanol–water partition coefficient (Wildman–Crippen LogP) is -0.359. The number of primary amides is 1. The van der Waals surface area contributed by atoms with E-state index in [1.165, 1.54) is 0 Å². The van der Waals surface area contributed by atoms with Crippen LogP contribution in [0, 0.1) is 5.41 Å². The van der Waals surface area contributed by atoms with E-state index in [4.69, 9.17) is 10.3 Å². The van der Waals surface area contributed by atoms with Crippen molar-refractivity contribution in [3.05, 3.63) is 11.0 Å². The van der Waals surface area contributed by atoms with E-state index in [1.807, 2.05) is 0 Å². The van der Waals surface area contributed by atoms with E-state index in [2.05, 4.69) is 0 Å². The molecule has 0 unspecified atom stereocenters. The summed E-state index contributed by atoms with van der Waals surface area (Å²) in [5.74, 6) is -1.16. The van der Waals surface area contributed by atoms with Crippen LogP contribution >= 0.6 is 0 Å². The Bertz CT molecular complexity index is 339. The molecule has 0 rings (SSSR count).